The van der Waals surface area contributed by atoms with E-state index < -0.39 is 6.04 Å². The van der Waals surface area contributed by atoms with Crippen LogP contribution in [0.2, 0.25) is 0 Å². The van der Waals surface area contributed by atoms with Crippen molar-refractivity contribution in [1.82, 2.24) is 9.55 Å². The summed E-state index contributed by atoms with van der Waals surface area (Å²) in [7, 11) is 1.51. The number of Topliss-reactive ketones (excluding diaryl/α,β-unsaturated/α-hetero) is 1. The topological polar surface area (TPSA) is 70.1 Å². The summed E-state index contributed by atoms with van der Waals surface area (Å²) >= 11 is 0. The minimum Gasteiger partial charge on any atom is -0.383 e. The average molecular weight is 197 g/mol. The standard InChI is InChI=1S/C9H15N3O2/c1-3-12-5-4-11-9(12)8(13)7(10)6-14-2/h4-5,7H,3,6,10H2,1-2H3. The Bertz CT molecular complexity index is 309. The minimum absolute atomic E-state index is 0.182. The van der Waals surface area contributed by atoms with Crippen molar-refractivity contribution in [2.24, 2.45) is 5.73 Å². The quantitative estimate of drug-likeness (QED) is 0.677. The number of carbonyl (C=O) groups is 1. The normalized spacial score (nSPS) is 12.8. The molecule has 0 saturated heterocycles. The number of aromatic nitrogens is 2. The molecule has 0 aliphatic carbocycles. The molecule has 78 valence electrons. The number of hydrogen-bond donors (Lipinski definition) is 1. The molecule has 1 rings (SSSR count). The molecule has 1 aromatic rings. The number of nitrogens with zero attached hydrogens (tertiary/aromatic N) is 2. The lowest BCUT2D eigenvalue weighted by molar-refractivity contribution is 0.0878. The van der Waals surface area contributed by atoms with Gasteiger partial charge in [0, 0.05) is 26.0 Å². The maximum absolute atomic E-state index is 11.7. The molecule has 5 heteroatoms. The zero-order valence-electron chi connectivity index (χ0n) is 8.43. The summed E-state index contributed by atoms with van der Waals surface area (Å²) in [5, 5.41) is 0. The Hall–Kier alpha value is -1.20. The highest BCUT2D eigenvalue weighted by Crippen LogP contribution is 2.01. The summed E-state index contributed by atoms with van der Waals surface area (Å²) in [6.45, 7) is 2.87. The first-order chi connectivity index (χ1) is 6.70. The largest absolute Gasteiger partial charge is 0.383 e. The van der Waals surface area contributed by atoms with Gasteiger partial charge in [-0.05, 0) is 6.92 Å². The fourth-order valence-corrected chi connectivity index (χ4v) is 1.21. The number of methoxy groups -OCH3 is 1. The molecule has 0 aromatic carbocycles. The van der Waals surface area contributed by atoms with Gasteiger partial charge in [0.25, 0.3) is 0 Å². The number of imidazole rings is 1. The van der Waals surface area contributed by atoms with Crippen molar-refractivity contribution in [2.45, 2.75) is 19.5 Å². The number of hydrogen-bond acceptors (Lipinski definition) is 4. The second-order valence-electron chi connectivity index (χ2n) is 2.96. The minimum atomic E-state index is -0.632. The highest BCUT2D eigenvalue weighted by atomic mass is 16.5. The van der Waals surface area contributed by atoms with Crippen LogP contribution >= 0.6 is 0 Å². The smallest absolute Gasteiger partial charge is 0.217 e. The Balaban J connectivity index is 2.78. The average Bonchev–Trinajstić information content (AvgIpc) is 2.64. The molecule has 2 N–H and O–H groups in total. The van der Waals surface area contributed by atoms with Crippen molar-refractivity contribution in [3.63, 3.8) is 0 Å². The Morgan fingerprint density at radius 1 is 1.79 bits per heavy atom. The molecule has 0 bridgehead atoms. The predicted molar refractivity (Wildman–Crippen MR) is 52.1 cm³/mol. The molecule has 1 aromatic heterocycles. The Morgan fingerprint density at radius 3 is 3.07 bits per heavy atom. The summed E-state index contributed by atoms with van der Waals surface area (Å²) in [5.74, 6) is 0.218. The summed E-state index contributed by atoms with van der Waals surface area (Å²) in [6, 6.07) is -0.632. The third-order valence-corrected chi connectivity index (χ3v) is 1.96. The zero-order valence-corrected chi connectivity index (χ0v) is 8.43. The van der Waals surface area contributed by atoms with E-state index in [9.17, 15) is 4.79 Å². The molecule has 1 unspecified atom stereocenters. The van der Waals surface area contributed by atoms with Gasteiger partial charge in [0.1, 0.15) is 0 Å². The number of aryl methyl sites for hydroxylation is 1. The van der Waals surface area contributed by atoms with Crippen molar-refractivity contribution in [3.8, 4) is 0 Å². The molecule has 0 amide bonds. The van der Waals surface area contributed by atoms with E-state index in [4.69, 9.17) is 10.5 Å². The maximum Gasteiger partial charge on any atom is 0.217 e. The van der Waals surface area contributed by atoms with Gasteiger partial charge in [-0.1, -0.05) is 0 Å². The van der Waals surface area contributed by atoms with E-state index in [0.717, 1.165) is 0 Å². The Labute approximate surface area is 82.9 Å². The fraction of sp³-hybridized carbons (Fsp3) is 0.556. The van der Waals surface area contributed by atoms with Gasteiger partial charge < -0.3 is 15.0 Å². The summed E-state index contributed by atoms with van der Waals surface area (Å²) < 4.78 is 6.58. The van der Waals surface area contributed by atoms with Crippen LogP contribution in [0.3, 0.4) is 0 Å². The van der Waals surface area contributed by atoms with Crippen LogP contribution in [0.15, 0.2) is 12.4 Å². The SMILES string of the molecule is CCn1ccnc1C(=O)C(N)COC. The molecule has 1 atom stereocenters. The van der Waals surface area contributed by atoms with Crippen molar-refractivity contribution in [1.29, 1.82) is 0 Å². The van der Waals surface area contributed by atoms with E-state index in [-0.39, 0.29) is 12.4 Å². The van der Waals surface area contributed by atoms with Crippen LogP contribution < -0.4 is 5.73 Å². The third kappa shape index (κ3) is 2.18. The highest BCUT2D eigenvalue weighted by molar-refractivity contribution is 5.97. The molecule has 5 nitrogen and oxygen atoms in total. The van der Waals surface area contributed by atoms with Gasteiger partial charge in [0.2, 0.25) is 5.78 Å². The Morgan fingerprint density at radius 2 is 2.50 bits per heavy atom. The van der Waals surface area contributed by atoms with Crippen LogP contribution in [0.1, 0.15) is 17.5 Å². The predicted octanol–water partition coefficient (Wildman–Crippen LogP) is 0.0594. The van der Waals surface area contributed by atoms with Crippen molar-refractivity contribution in [2.75, 3.05) is 13.7 Å². The zero-order chi connectivity index (χ0) is 10.6. The van der Waals surface area contributed by atoms with Gasteiger partial charge in [0.15, 0.2) is 5.82 Å². The molecule has 0 spiro atoms. The van der Waals surface area contributed by atoms with Crippen LogP contribution in [0.4, 0.5) is 0 Å². The van der Waals surface area contributed by atoms with E-state index in [0.29, 0.717) is 12.4 Å². The number of ketones is 1. The van der Waals surface area contributed by atoms with E-state index >= 15 is 0 Å². The van der Waals surface area contributed by atoms with Gasteiger partial charge in [0.05, 0.1) is 12.6 Å². The second-order valence-corrected chi connectivity index (χ2v) is 2.96. The molecule has 0 fully saturated rings. The number of ether oxygens (including phenoxy) is 1. The van der Waals surface area contributed by atoms with Crippen molar-refractivity contribution < 1.29 is 9.53 Å². The first-order valence-electron chi connectivity index (χ1n) is 4.50. The van der Waals surface area contributed by atoms with E-state index in [1.807, 2.05) is 6.92 Å². The summed E-state index contributed by atoms with van der Waals surface area (Å²) in [4.78, 5) is 15.7. The summed E-state index contributed by atoms with van der Waals surface area (Å²) in [6.07, 6.45) is 3.35. The molecule has 0 aliphatic rings. The van der Waals surface area contributed by atoms with Crippen molar-refractivity contribution in [3.05, 3.63) is 18.2 Å². The highest BCUT2D eigenvalue weighted by Gasteiger charge is 2.19. The first-order valence-corrected chi connectivity index (χ1v) is 4.50. The number of nitrogens with two attached hydrogens (primary N) is 1. The van der Waals surface area contributed by atoms with E-state index in [1.54, 1.807) is 17.0 Å². The van der Waals surface area contributed by atoms with Crippen LogP contribution in [0.5, 0.6) is 0 Å². The number of carbonyl (C=O) groups excluding carboxylic acids is 1. The molecular formula is C9H15N3O2. The van der Waals surface area contributed by atoms with E-state index in [1.165, 1.54) is 7.11 Å². The monoisotopic (exact) mass is 197 g/mol. The van der Waals surface area contributed by atoms with Gasteiger partial charge in [-0.25, -0.2) is 4.98 Å². The Kier molecular flexibility index (Phi) is 3.79. The maximum atomic E-state index is 11.7. The molecule has 14 heavy (non-hydrogen) atoms. The van der Waals surface area contributed by atoms with Gasteiger partial charge >= 0.3 is 0 Å². The number of rotatable bonds is 5. The van der Waals surface area contributed by atoms with Crippen molar-refractivity contribution >= 4 is 5.78 Å². The van der Waals surface area contributed by atoms with Crippen LogP contribution in [0, 0.1) is 0 Å². The lowest BCUT2D eigenvalue weighted by Gasteiger charge is -2.09. The molecular weight excluding hydrogens is 182 g/mol. The lowest BCUT2D eigenvalue weighted by atomic mass is 10.2. The third-order valence-electron chi connectivity index (χ3n) is 1.96. The molecule has 1 heterocycles. The molecule has 0 saturated carbocycles. The van der Waals surface area contributed by atoms with Gasteiger partial charge in [-0.3, -0.25) is 4.79 Å². The summed E-state index contributed by atoms with van der Waals surface area (Å²) in [5.41, 5.74) is 5.61. The van der Waals surface area contributed by atoms with Crippen LogP contribution in [0.25, 0.3) is 0 Å². The van der Waals surface area contributed by atoms with Crippen LogP contribution in [-0.4, -0.2) is 35.1 Å². The van der Waals surface area contributed by atoms with Crippen LogP contribution in [-0.2, 0) is 11.3 Å². The van der Waals surface area contributed by atoms with Gasteiger partial charge in [-0.2, -0.15) is 0 Å². The second kappa shape index (κ2) is 4.88. The fourth-order valence-electron chi connectivity index (χ4n) is 1.21. The first kappa shape index (κ1) is 10.9. The lowest BCUT2D eigenvalue weighted by Crippen LogP contribution is -2.36. The molecule has 0 radical (unpaired) electrons. The van der Waals surface area contributed by atoms with E-state index in [2.05, 4.69) is 4.98 Å². The molecule has 0 aliphatic heterocycles. The van der Waals surface area contributed by atoms with Gasteiger partial charge in [-0.15, -0.1) is 0 Å².